The molecule has 0 bridgehead atoms. The molecule has 4 rings (SSSR count). The number of carbonyl (C=O) groups excluding carboxylic acids is 1. The standard InChI is InChI=1S/C18H24N2O4/c21-18(19-6-8-22-9-7-19)13-20-5-1-2-15(20)14-3-4-16-17(12-14)24-11-10-23-16/h3-4,12,15H,1-2,5-11,13H2. The fraction of sp³-hybridized carbons (Fsp3) is 0.611. The monoisotopic (exact) mass is 332 g/mol. The van der Waals surface area contributed by atoms with Crippen LogP contribution < -0.4 is 9.47 Å². The first-order chi connectivity index (χ1) is 11.8. The van der Waals surface area contributed by atoms with Crippen LogP contribution in [0.2, 0.25) is 0 Å². The number of hydrogen-bond donors (Lipinski definition) is 0. The van der Waals surface area contributed by atoms with Crippen LogP contribution in [0.1, 0.15) is 24.4 Å². The van der Waals surface area contributed by atoms with E-state index in [-0.39, 0.29) is 11.9 Å². The first-order valence-corrected chi connectivity index (χ1v) is 8.80. The number of likely N-dealkylation sites (tertiary alicyclic amines) is 1. The number of fused-ring (bicyclic) bond motifs is 1. The number of benzene rings is 1. The second-order valence-corrected chi connectivity index (χ2v) is 6.52. The molecule has 24 heavy (non-hydrogen) atoms. The van der Waals surface area contributed by atoms with Crippen LogP contribution in [0.3, 0.4) is 0 Å². The molecular weight excluding hydrogens is 308 g/mol. The van der Waals surface area contributed by atoms with E-state index in [0.717, 1.165) is 30.9 Å². The zero-order valence-corrected chi connectivity index (χ0v) is 13.9. The molecule has 0 spiro atoms. The maximum atomic E-state index is 12.5. The molecular formula is C18H24N2O4. The third-order valence-electron chi connectivity index (χ3n) is 5.02. The summed E-state index contributed by atoms with van der Waals surface area (Å²) in [7, 11) is 0. The predicted molar refractivity (Wildman–Crippen MR) is 88.4 cm³/mol. The van der Waals surface area contributed by atoms with Gasteiger partial charge in [0.1, 0.15) is 13.2 Å². The van der Waals surface area contributed by atoms with Gasteiger partial charge in [0.25, 0.3) is 0 Å². The van der Waals surface area contributed by atoms with Crippen LogP contribution >= 0.6 is 0 Å². The van der Waals surface area contributed by atoms with E-state index in [4.69, 9.17) is 14.2 Å². The van der Waals surface area contributed by atoms with Crippen LogP contribution in [0.4, 0.5) is 0 Å². The summed E-state index contributed by atoms with van der Waals surface area (Å²) < 4.78 is 16.6. The maximum absolute atomic E-state index is 12.5. The van der Waals surface area contributed by atoms with Gasteiger partial charge >= 0.3 is 0 Å². The highest BCUT2D eigenvalue weighted by molar-refractivity contribution is 5.78. The SMILES string of the molecule is O=C(CN1CCCC1c1ccc2c(c1)OCCO2)N1CCOCC1. The molecule has 1 unspecified atom stereocenters. The number of morpholine rings is 1. The second-order valence-electron chi connectivity index (χ2n) is 6.52. The minimum atomic E-state index is 0.211. The van der Waals surface area contributed by atoms with E-state index in [2.05, 4.69) is 17.0 Å². The van der Waals surface area contributed by atoms with Gasteiger partial charge in [-0.05, 0) is 37.1 Å². The van der Waals surface area contributed by atoms with E-state index in [0.29, 0.717) is 46.1 Å². The Hall–Kier alpha value is -1.79. The zero-order valence-electron chi connectivity index (χ0n) is 13.9. The van der Waals surface area contributed by atoms with Gasteiger partial charge in [0.2, 0.25) is 5.91 Å². The number of rotatable bonds is 3. The Morgan fingerprint density at radius 2 is 1.83 bits per heavy atom. The number of carbonyl (C=O) groups is 1. The lowest BCUT2D eigenvalue weighted by molar-refractivity contribution is -0.136. The van der Waals surface area contributed by atoms with Gasteiger partial charge in [0, 0.05) is 19.1 Å². The van der Waals surface area contributed by atoms with Crippen molar-refractivity contribution in [2.75, 3.05) is 52.6 Å². The molecule has 3 aliphatic heterocycles. The summed E-state index contributed by atoms with van der Waals surface area (Å²) in [4.78, 5) is 16.8. The van der Waals surface area contributed by atoms with Crippen LogP contribution in [0.25, 0.3) is 0 Å². The lowest BCUT2D eigenvalue weighted by atomic mass is 10.0. The van der Waals surface area contributed by atoms with Crippen LogP contribution in [0.5, 0.6) is 11.5 Å². The fourth-order valence-electron chi connectivity index (χ4n) is 3.75. The van der Waals surface area contributed by atoms with Crippen molar-refractivity contribution in [3.63, 3.8) is 0 Å². The summed E-state index contributed by atoms with van der Waals surface area (Å²) >= 11 is 0. The molecule has 1 atom stereocenters. The van der Waals surface area contributed by atoms with Gasteiger partial charge in [-0.15, -0.1) is 0 Å². The summed E-state index contributed by atoms with van der Waals surface area (Å²) in [6.45, 7) is 5.38. The van der Waals surface area contributed by atoms with Gasteiger partial charge in [-0.1, -0.05) is 6.07 Å². The van der Waals surface area contributed by atoms with Crippen LogP contribution in [-0.4, -0.2) is 68.3 Å². The van der Waals surface area contributed by atoms with E-state index in [1.807, 2.05) is 11.0 Å². The molecule has 0 aromatic heterocycles. The first-order valence-electron chi connectivity index (χ1n) is 8.80. The average molecular weight is 332 g/mol. The van der Waals surface area contributed by atoms with Crippen LogP contribution in [0, 0.1) is 0 Å². The highest BCUT2D eigenvalue weighted by atomic mass is 16.6. The van der Waals surface area contributed by atoms with Gasteiger partial charge in [-0.3, -0.25) is 9.69 Å². The molecule has 0 aliphatic carbocycles. The highest BCUT2D eigenvalue weighted by Crippen LogP contribution is 2.37. The molecule has 2 saturated heterocycles. The number of nitrogens with zero attached hydrogens (tertiary/aromatic N) is 2. The normalized spacial score (nSPS) is 24.2. The Kier molecular flexibility index (Phi) is 4.58. The van der Waals surface area contributed by atoms with Crippen molar-refractivity contribution in [1.29, 1.82) is 0 Å². The molecule has 130 valence electrons. The van der Waals surface area contributed by atoms with Crippen molar-refractivity contribution in [3.8, 4) is 11.5 Å². The lowest BCUT2D eigenvalue weighted by Gasteiger charge is -2.31. The fourth-order valence-corrected chi connectivity index (χ4v) is 3.75. The highest BCUT2D eigenvalue weighted by Gasteiger charge is 2.30. The van der Waals surface area contributed by atoms with Gasteiger partial charge in [-0.25, -0.2) is 0 Å². The van der Waals surface area contributed by atoms with Gasteiger partial charge in [0.05, 0.1) is 19.8 Å². The number of amides is 1. The molecule has 6 heteroatoms. The Morgan fingerprint density at radius 3 is 2.67 bits per heavy atom. The Balaban J connectivity index is 1.45. The molecule has 2 fully saturated rings. The number of ether oxygens (including phenoxy) is 3. The molecule has 0 radical (unpaired) electrons. The molecule has 1 amide bonds. The lowest BCUT2D eigenvalue weighted by Crippen LogP contribution is -2.45. The van der Waals surface area contributed by atoms with Crippen molar-refractivity contribution < 1.29 is 19.0 Å². The predicted octanol–water partition coefficient (Wildman–Crippen LogP) is 1.45. The summed E-state index contributed by atoms with van der Waals surface area (Å²) in [5, 5.41) is 0. The van der Waals surface area contributed by atoms with Crippen LogP contribution in [-0.2, 0) is 9.53 Å². The quantitative estimate of drug-likeness (QED) is 0.839. The van der Waals surface area contributed by atoms with E-state index < -0.39 is 0 Å². The third kappa shape index (κ3) is 3.21. The zero-order chi connectivity index (χ0) is 16.4. The summed E-state index contributed by atoms with van der Waals surface area (Å²) in [6.07, 6.45) is 2.20. The van der Waals surface area contributed by atoms with E-state index in [1.54, 1.807) is 0 Å². The second kappa shape index (κ2) is 6.99. The average Bonchev–Trinajstić information content (AvgIpc) is 3.10. The molecule has 6 nitrogen and oxygen atoms in total. The molecule has 0 N–H and O–H groups in total. The topological polar surface area (TPSA) is 51.2 Å². The molecule has 3 aliphatic rings. The van der Waals surface area contributed by atoms with Crippen molar-refractivity contribution in [2.24, 2.45) is 0 Å². The largest absolute Gasteiger partial charge is 0.486 e. The number of hydrogen-bond acceptors (Lipinski definition) is 5. The summed E-state index contributed by atoms with van der Waals surface area (Å²) in [5.74, 6) is 1.85. The van der Waals surface area contributed by atoms with Crippen molar-refractivity contribution >= 4 is 5.91 Å². The van der Waals surface area contributed by atoms with Gasteiger partial charge < -0.3 is 19.1 Å². The van der Waals surface area contributed by atoms with E-state index in [9.17, 15) is 4.79 Å². The first kappa shape index (κ1) is 15.7. The minimum Gasteiger partial charge on any atom is -0.486 e. The maximum Gasteiger partial charge on any atom is 0.236 e. The summed E-state index contributed by atoms with van der Waals surface area (Å²) in [6, 6.07) is 6.46. The van der Waals surface area contributed by atoms with Crippen molar-refractivity contribution in [3.05, 3.63) is 23.8 Å². The molecule has 3 heterocycles. The van der Waals surface area contributed by atoms with Crippen molar-refractivity contribution in [1.82, 2.24) is 9.80 Å². The summed E-state index contributed by atoms with van der Waals surface area (Å²) in [5.41, 5.74) is 1.21. The molecule has 1 aromatic rings. The van der Waals surface area contributed by atoms with Crippen molar-refractivity contribution in [2.45, 2.75) is 18.9 Å². The van der Waals surface area contributed by atoms with Crippen LogP contribution in [0.15, 0.2) is 18.2 Å². The Morgan fingerprint density at radius 1 is 1.04 bits per heavy atom. The molecule has 0 saturated carbocycles. The van der Waals surface area contributed by atoms with E-state index in [1.165, 1.54) is 5.56 Å². The minimum absolute atomic E-state index is 0.211. The smallest absolute Gasteiger partial charge is 0.236 e. The Bertz CT molecular complexity index is 601. The van der Waals surface area contributed by atoms with Gasteiger partial charge in [0.15, 0.2) is 11.5 Å². The third-order valence-corrected chi connectivity index (χ3v) is 5.02. The van der Waals surface area contributed by atoms with Gasteiger partial charge in [-0.2, -0.15) is 0 Å². The van der Waals surface area contributed by atoms with E-state index >= 15 is 0 Å². The molecule has 1 aromatic carbocycles. The Labute approximate surface area is 142 Å².